The molecule has 4 nitrogen and oxygen atoms in total. The Kier molecular flexibility index (Phi) is 2.65. The Bertz CT molecular complexity index is 320. The lowest BCUT2D eigenvalue weighted by Crippen LogP contribution is -2.08. The molecule has 0 spiro atoms. The summed E-state index contributed by atoms with van der Waals surface area (Å²) in [6.07, 6.45) is 1.17. The third-order valence-electron chi connectivity index (χ3n) is 1.63. The highest BCUT2D eigenvalue weighted by Gasteiger charge is 2.18. The number of aromatic nitrogens is 2. The molecule has 1 aromatic heterocycles. The molecule has 0 aliphatic heterocycles. The Morgan fingerprint density at radius 2 is 2.31 bits per heavy atom. The average Bonchev–Trinajstić information content (AvgIpc) is 2.46. The molecule has 0 saturated carbocycles. The zero-order valence-corrected chi connectivity index (χ0v) is 7.74. The van der Waals surface area contributed by atoms with Gasteiger partial charge in [0, 0.05) is 6.04 Å². The number of esters is 1. The molecule has 13 heavy (non-hydrogen) atoms. The fourth-order valence-corrected chi connectivity index (χ4v) is 0.954. The number of carbonyl (C=O) groups is 1. The second kappa shape index (κ2) is 3.55. The van der Waals surface area contributed by atoms with Gasteiger partial charge in [-0.2, -0.15) is 9.49 Å². The minimum Gasteiger partial charge on any atom is -0.465 e. The minimum atomic E-state index is -0.704. The zero-order chi connectivity index (χ0) is 10.0. The highest BCUT2D eigenvalue weighted by atomic mass is 19.1. The zero-order valence-electron chi connectivity index (χ0n) is 7.74. The lowest BCUT2D eigenvalue weighted by molar-refractivity contribution is 0.0594. The second-order valence-corrected chi connectivity index (χ2v) is 2.88. The molecule has 0 radical (unpaired) electrons. The van der Waals surface area contributed by atoms with E-state index < -0.39 is 11.9 Å². The van der Waals surface area contributed by atoms with E-state index in [9.17, 15) is 9.18 Å². The van der Waals surface area contributed by atoms with Crippen LogP contribution in [0.3, 0.4) is 0 Å². The van der Waals surface area contributed by atoms with Gasteiger partial charge in [0.15, 0.2) is 0 Å². The summed E-state index contributed by atoms with van der Waals surface area (Å²) in [7, 11) is 1.20. The van der Waals surface area contributed by atoms with Crippen LogP contribution in [0.15, 0.2) is 6.20 Å². The summed E-state index contributed by atoms with van der Waals surface area (Å²) in [5.41, 5.74) is -0.129. The summed E-state index contributed by atoms with van der Waals surface area (Å²) < 4.78 is 18.8. The Morgan fingerprint density at radius 3 is 2.69 bits per heavy atom. The molecule has 0 atom stereocenters. The van der Waals surface area contributed by atoms with E-state index in [1.54, 1.807) is 13.8 Å². The van der Waals surface area contributed by atoms with Crippen molar-refractivity contribution in [1.29, 1.82) is 0 Å². The second-order valence-electron chi connectivity index (χ2n) is 2.88. The van der Waals surface area contributed by atoms with E-state index in [4.69, 9.17) is 0 Å². The van der Waals surface area contributed by atoms with E-state index in [0.29, 0.717) is 0 Å². The first-order chi connectivity index (χ1) is 6.07. The summed E-state index contributed by atoms with van der Waals surface area (Å²) in [5, 5.41) is 3.73. The lowest BCUT2D eigenvalue weighted by atomic mass is 10.3. The van der Waals surface area contributed by atoms with E-state index in [-0.39, 0.29) is 11.6 Å². The first-order valence-electron chi connectivity index (χ1n) is 3.89. The van der Waals surface area contributed by atoms with Crippen LogP contribution >= 0.6 is 0 Å². The predicted octanol–water partition coefficient (Wildman–Crippen LogP) is 1.39. The van der Waals surface area contributed by atoms with Gasteiger partial charge in [-0.3, -0.25) is 0 Å². The summed E-state index contributed by atoms with van der Waals surface area (Å²) in [5.74, 6) is -1.36. The van der Waals surface area contributed by atoms with E-state index in [1.807, 2.05) is 0 Å². The fourth-order valence-electron chi connectivity index (χ4n) is 0.954. The van der Waals surface area contributed by atoms with Crippen LogP contribution in [0.1, 0.15) is 30.2 Å². The van der Waals surface area contributed by atoms with Gasteiger partial charge in [0.1, 0.15) is 5.56 Å². The molecule has 0 N–H and O–H groups in total. The quantitative estimate of drug-likeness (QED) is 0.655. The number of rotatable bonds is 2. The van der Waals surface area contributed by atoms with Gasteiger partial charge in [-0.1, -0.05) is 0 Å². The van der Waals surface area contributed by atoms with Gasteiger partial charge in [-0.05, 0) is 13.8 Å². The molecular formula is C8H11FN2O2. The Morgan fingerprint density at radius 1 is 1.69 bits per heavy atom. The highest BCUT2D eigenvalue weighted by Crippen LogP contribution is 2.12. The molecule has 0 saturated heterocycles. The maximum absolute atomic E-state index is 13.3. The average molecular weight is 186 g/mol. The number of carbonyl (C=O) groups excluding carboxylic acids is 1. The van der Waals surface area contributed by atoms with Crippen LogP contribution in [-0.2, 0) is 4.74 Å². The number of ether oxygens (including phenoxy) is 1. The third kappa shape index (κ3) is 1.68. The van der Waals surface area contributed by atoms with Gasteiger partial charge in [-0.25, -0.2) is 9.48 Å². The van der Waals surface area contributed by atoms with Gasteiger partial charge in [0.2, 0.25) is 5.95 Å². The van der Waals surface area contributed by atoms with E-state index in [0.717, 1.165) is 4.68 Å². The number of hydrogen-bond donors (Lipinski definition) is 0. The number of nitrogens with zero attached hydrogens (tertiary/aromatic N) is 2. The van der Waals surface area contributed by atoms with Crippen LogP contribution in [-0.4, -0.2) is 22.9 Å². The third-order valence-corrected chi connectivity index (χ3v) is 1.63. The van der Waals surface area contributed by atoms with Crippen LogP contribution in [0.4, 0.5) is 4.39 Å². The molecule has 0 unspecified atom stereocenters. The SMILES string of the molecule is COC(=O)c1cnn(C(C)C)c1F. The molecular weight excluding hydrogens is 175 g/mol. The van der Waals surface area contributed by atoms with Crippen molar-refractivity contribution in [2.24, 2.45) is 0 Å². The molecule has 0 bridgehead atoms. The molecule has 0 aliphatic rings. The first-order valence-corrected chi connectivity index (χ1v) is 3.89. The number of halogens is 1. The van der Waals surface area contributed by atoms with Crippen molar-refractivity contribution in [1.82, 2.24) is 9.78 Å². The smallest absolute Gasteiger partial charge is 0.344 e. The Labute approximate surface area is 75.3 Å². The Balaban J connectivity index is 3.06. The molecule has 1 heterocycles. The molecule has 1 rings (SSSR count). The molecule has 0 aliphatic carbocycles. The molecule has 72 valence electrons. The van der Waals surface area contributed by atoms with Crippen molar-refractivity contribution in [3.8, 4) is 0 Å². The summed E-state index contributed by atoms with van der Waals surface area (Å²) in [4.78, 5) is 11.0. The Hall–Kier alpha value is -1.39. The van der Waals surface area contributed by atoms with Crippen molar-refractivity contribution in [2.75, 3.05) is 7.11 Å². The molecule has 0 amide bonds. The van der Waals surface area contributed by atoms with Gasteiger partial charge in [0.25, 0.3) is 0 Å². The van der Waals surface area contributed by atoms with Gasteiger partial charge < -0.3 is 4.74 Å². The van der Waals surface area contributed by atoms with E-state index in [1.165, 1.54) is 13.3 Å². The van der Waals surface area contributed by atoms with Crippen molar-refractivity contribution in [3.05, 3.63) is 17.7 Å². The predicted molar refractivity (Wildman–Crippen MR) is 43.9 cm³/mol. The maximum Gasteiger partial charge on any atom is 0.344 e. The number of methoxy groups -OCH3 is 1. The normalized spacial score (nSPS) is 10.5. The van der Waals surface area contributed by atoms with Crippen LogP contribution in [0.25, 0.3) is 0 Å². The van der Waals surface area contributed by atoms with Crippen LogP contribution < -0.4 is 0 Å². The molecule has 0 fully saturated rings. The van der Waals surface area contributed by atoms with E-state index in [2.05, 4.69) is 9.84 Å². The molecule has 0 aromatic carbocycles. The molecule has 5 heteroatoms. The summed E-state index contributed by atoms with van der Waals surface area (Å²) in [6.45, 7) is 3.55. The lowest BCUT2D eigenvalue weighted by Gasteiger charge is -2.04. The van der Waals surface area contributed by atoms with Crippen LogP contribution in [0.2, 0.25) is 0 Å². The van der Waals surface area contributed by atoms with Crippen molar-refractivity contribution >= 4 is 5.97 Å². The van der Waals surface area contributed by atoms with Crippen molar-refractivity contribution < 1.29 is 13.9 Å². The van der Waals surface area contributed by atoms with Crippen LogP contribution in [0.5, 0.6) is 0 Å². The monoisotopic (exact) mass is 186 g/mol. The standard InChI is InChI=1S/C8H11FN2O2/c1-5(2)11-7(9)6(4-10-11)8(12)13-3/h4-5H,1-3H3. The minimum absolute atomic E-state index is 0.113. The van der Waals surface area contributed by atoms with Gasteiger partial charge in [-0.15, -0.1) is 0 Å². The fraction of sp³-hybridized carbons (Fsp3) is 0.500. The van der Waals surface area contributed by atoms with E-state index >= 15 is 0 Å². The van der Waals surface area contributed by atoms with Gasteiger partial charge in [0.05, 0.1) is 13.3 Å². The maximum atomic E-state index is 13.3. The molecule has 1 aromatic rings. The van der Waals surface area contributed by atoms with Gasteiger partial charge >= 0.3 is 5.97 Å². The highest BCUT2D eigenvalue weighted by molar-refractivity contribution is 5.88. The summed E-state index contributed by atoms with van der Waals surface area (Å²) >= 11 is 0. The van der Waals surface area contributed by atoms with Crippen LogP contribution in [0, 0.1) is 5.95 Å². The summed E-state index contributed by atoms with van der Waals surface area (Å²) in [6, 6.07) is -0.113. The first kappa shape index (κ1) is 9.70. The van der Waals surface area contributed by atoms with Crippen molar-refractivity contribution in [3.63, 3.8) is 0 Å². The largest absolute Gasteiger partial charge is 0.465 e. The topological polar surface area (TPSA) is 44.1 Å². The number of hydrogen-bond acceptors (Lipinski definition) is 3. The van der Waals surface area contributed by atoms with Crippen molar-refractivity contribution in [2.45, 2.75) is 19.9 Å².